The molecule has 32 heavy (non-hydrogen) atoms. The maximum absolute atomic E-state index is 13.7. The molecule has 0 spiro atoms. The summed E-state index contributed by atoms with van der Waals surface area (Å²) in [7, 11) is 0. The lowest BCUT2D eigenvalue weighted by Crippen LogP contribution is -2.46. The van der Waals surface area contributed by atoms with Crippen LogP contribution in [0.5, 0.6) is 0 Å². The zero-order valence-corrected chi connectivity index (χ0v) is 19.5. The number of aromatic nitrogens is 2. The number of nitrogens with zero attached hydrogens (tertiary/aromatic N) is 3. The fraction of sp³-hybridized carbons (Fsp3) is 0.292. The highest BCUT2D eigenvalue weighted by Crippen LogP contribution is 2.38. The Kier molecular flexibility index (Phi) is 6.86. The predicted octanol–water partition coefficient (Wildman–Crippen LogP) is 6.38. The van der Waals surface area contributed by atoms with Gasteiger partial charge in [-0.1, -0.05) is 60.8 Å². The minimum Gasteiger partial charge on any atom is -0.351 e. The summed E-state index contributed by atoms with van der Waals surface area (Å²) in [6.07, 6.45) is 3.25. The lowest BCUT2D eigenvalue weighted by molar-refractivity contribution is 0.395. The summed E-state index contributed by atoms with van der Waals surface area (Å²) in [6, 6.07) is 13.4. The van der Waals surface area contributed by atoms with Gasteiger partial charge in [0, 0.05) is 22.8 Å². The van der Waals surface area contributed by atoms with Crippen LogP contribution < -0.4 is 5.32 Å². The molecule has 5 nitrogen and oxygen atoms in total. The molecule has 0 saturated heterocycles. The standard InChI is InChI=1S/C24H24ClFN4OS/c1-3-4-5-12-30-15(2)20(21(27-24(30)32)16-8-6-10-18(25)13-16)23-28-22(29-31-23)17-9-7-11-19(26)14-17/h6-11,13-14,21H,3-5,12H2,1-2H3,(H,27,32). The molecule has 2 heterocycles. The first kappa shape index (κ1) is 22.4. The van der Waals surface area contributed by atoms with Gasteiger partial charge < -0.3 is 14.7 Å². The topological polar surface area (TPSA) is 54.2 Å². The lowest BCUT2D eigenvalue weighted by atomic mass is 9.94. The van der Waals surface area contributed by atoms with E-state index in [4.69, 9.17) is 28.3 Å². The van der Waals surface area contributed by atoms with E-state index in [9.17, 15) is 4.39 Å². The molecule has 3 aromatic rings. The maximum Gasteiger partial charge on any atom is 0.258 e. The first-order valence-electron chi connectivity index (χ1n) is 10.6. The van der Waals surface area contributed by atoms with Crippen molar-refractivity contribution in [1.82, 2.24) is 20.4 Å². The molecule has 0 radical (unpaired) electrons. The van der Waals surface area contributed by atoms with Crippen molar-refractivity contribution < 1.29 is 8.91 Å². The maximum atomic E-state index is 13.7. The van der Waals surface area contributed by atoms with Gasteiger partial charge in [0.1, 0.15) is 5.82 Å². The average Bonchev–Trinajstić information content (AvgIpc) is 3.25. The van der Waals surface area contributed by atoms with Crippen molar-refractivity contribution in [1.29, 1.82) is 0 Å². The van der Waals surface area contributed by atoms with Gasteiger partial charge in [-0.15, -0.1) is 0 Å². The van der Waals surface area contributed by atoms with Crippen molar-refractivity contribution in [3.8, 4) is 11.4 Å². The third-order valence-electron chi connectivity index (χ3n) is 5.50. The van der Waals surface area contributed by atoms with E-state index in [0.29, 0.717) is 27.4 Å². The Hall–Kier alpha value is -2.77. The summed E-state index contributed by atoms with van der Waals surface area (Å²) in [4.78, 5) is 6.68. The molecule has 1 N–H and O–H groups in total. The van der Waals surface area contributed by atoms with Crippen LogP contribution in [0.3, 0.4) is 0 Å². The van der Waals surface area contributed by atoms with Crippen LogP contribution >= 0.6 is 23.8 Å². The van der Waals surface area contributed by atoms with E-state index in [1.54, 1.807) is 12.1 Å². The van der Waals surface area contributed by atoms with Crippen molar-refractivity contribution in [2.24, 2.45) is 0 Å². The molecule has 166 valence electrons. The van der Waals surface area contributed by atoms with Gasteiger partial charge in [-0.3, -0.25) is 0 Å². The van der Waals surface area contributed by atoms with Gasteiger partial charge in [-0.05, 0) is 55.4 Å². The van der Waals surface area contributed by atoms with Gasteiger partial charge in [0.2, 0.25) is 5.82 Å². The lowest BCUT2D eigenvalue weighted by Gasteiger charge is -2.37. The Bertz CT molecular complexity index is 1160. The van der Waals surface area contributed by atoms with Crippen molar-refractivity contribution in [2.75, 3.05) is 6.54 Å². The van der Waals surface area contributed by atoms with E-state index in [1.165, 1.54) is 12.1 Å². The molecule has 4 rings (SSSR count). The fourth-order valence-corrected chi connectivity index (χ4v) is 4.41. The first-order valence-corrected chi connectivity index (χ1v) is 11.4. The molecule has 1 unspecified atom stereocenters. The summed E-state index contributed by atoms with van der Waals surface area (Å²) in [5, 5.41) is 8.82. The van der Waals surface area contributed by atoms with Crippen molar-refractivity contribution >= 4 is 34.5 Å². The Morgan fingerprint density at radius 3 is 2.75 bits per heavy atom. The number of thiocarbonyl (C=S) groups is 1. The Balaban J connectivity index is 1.78. The van der Waals surface area contributed by atoms with Crippen LogP contribution in [0.1, 0.15) is 50.6 Å². The molecule has 0 aliphatic carbocycles. The molecule has 8 heteroatoms. The number of unbranched alkanes of at least 4 members (excludes halogenated alkanes) is 2. The monoisotopic (exact) mass is 470 g/mol. The second-order valence-corrected chi connectivity index (χ2v) is 8.55. The smallest absolute Gasteiger partial charge is 0.258 e. The van der Waals surface area contributed by atoms with Gasteiger partial charge in [-0.2, -0.15) is 4.98 Å². The zero-order chi connectivity index (χ0) is 22.7. The fourth-order valence-electron chi connectivity index (χ4n) is 3.86. The van der Waals surface area contributed by atoms with Crippen molar-refractivity contribution in [2.45, 2.75) is 39.2 Å². The van der Waals surface area contributed by atoms with E-state index in [1.807, 2.05) is 31.2 Å². The van der Waals surface area contributed by atoms with Gasteiger partial charge >= 0.3 is 0 Å². The highest BCUT2D eigenvalue weighted by atomic mass is 35.5. The molecule has 1 aliphatic rings. The second kappa shape index (κ2) is 9.79. The third-order valence-corrected chi connectivity index (χ3v) is 6.08. The SMILES string of the molecule is CCCCCN1C(=S)NC(c2cccc(Cl)c2)C(c2nc(-c3cccc(F)c3)no2)=C1C. The number of benzene rings is 2. The van der Waals surface area contributed by atoms with Gasteiger partial charge in [0.15, 0.2) is 5.11 Å². The van der Waals surface area contributed by atoms with E-state index in [2.05, 4.69) is 27.3 Å². The summed E-state index contributed by atoms with van der Waals surface area (Å²) < 4.78 is 19.4. The predicted molar refractivity (Wildman–Crippen MR) is 128 cm³/mol. The number of halogens is 2. The Morgan fingerprint density at radius 2 is 2.00 bits per heavy atom. The number of nitrogens with one attached hydrogen (secondary N) is 1. The molecule has 0 fully saturated rings. The zero-order valence-electron chi connectivity index (χ0n) is 17.9. The van der Waals surface area contributed by atoms with Crippen LogP contribution in [0.2, 0.25) is 5.02 Å². The minimum atomic E-state index is -0.354. The number of rotatable bonds is 7. The molecular formula is C24H24ClFN4OS. The van der Waals surface area contributed by atoms with E-state index in [0.717, 1.165) is 42.6 Å². The van der Waals surface area contributed by atoms with Crippen molar-refractivity contribution in [3.05, 3.63) is 76.5 Å². The molecule has 2 aromatic carbocycles. The van der Waals surface area contributed by atoms with Crippen LogP contribution in [0.4, 0.5) is 4.39 Å². The van der Waals surface area contributed by atoms with Gasteiger partial charge in [-0.25, -0.2) is 4.39 Å². The molecule has 0 amide bonds. The highest BCUT2D eigenvalue weighted by molar-refractivity contribution is 7.80. The van der Waals surface area contributed by atoms with Crippen LogP contribution in [-0.4, -0.2) is 26.7 Å². The Morgan fingerprint density at radius 1 is 1.19 bits per heavy atom. The average molecular weight is 471 g/mol. The summed E-state index contributed by atoms with van der Waals surface area (Å²) in [6.45, 7) is 4.97. The normalized spacial score (nSPS) is 16.4. The van der Waals surface area contributed by atoms with Crippen LogP contribution in [-0.2, 0) is 0 Å². The molecule has 0 saturated carbocycles. The summed E-state index contributed by atoms with van der Waals surface area (Å²) in [5.74, 6) is 0.338. The van der Waals surface area contributed by atoms with Gasteiger partial charge in [0.25, 0.3) is 5.89 Å². The highest BCUT2D eigenvalue weighted by Gasteiger charge is 2.34. The molecule has 1 atom stereocenters. The molecule has 0 bridgehead atoms. The number of hydrogen-bond acceptors (Lipinski definition) is 4. The molecular weight excluding hydrogens is 447 g/mol. The number of hydrogen-bond donors (Lipinski definition) is 1. The largest absolute Gasteiger partial charge is 0.351 e. The van der Waals surface area contributed by atoms with Crippen LogP contribution in [0.25, 0.3) is 17.0 Å². The van der Waals surface area contributed by atoms with Crippen LogP contribution in [0.15, 0.2) is 58.8 Å². The summed E-state index contributed by atoms with van der Waals surface area (Å²) >= 11 is 12.0. The quantitative estimate of drug-likeness (QED) is 0.319. The van der Waals surface area contributed by atoms with Crippen LogP contribution in [0, 0.1) is 5.82 Å². The Labute approximate surface area is 197 Å². The van der Waals surface area contributed by atoms with Crippen molar-refractivity contribution in [3.63, 3.8) is 0 Å². The minimum absolute atomic E-state index is 0.301. The summed E-state index contributed by atoms with van der Waals surface area (Å²) in [5.41, 5.74) is 3.27. The van der Waals surface area contributed by atoms with E-state index >= 15 is 0 Å². The van der Waals surface area contributed by atoms with Gasteiger partial charge in [0.05, 0.1) is 11.6 Å². The molecule has 1 aliphatic heterocycles. The number of allylic oxidation sites excluding steroid dienone is 1. The van der Waals surface area contributed by atoms with E-state index in [-0.39, 0.29) is 11.9 Å². The second-order valence-electron chi connectivity index (χ2n) is 7.73. The molecule has 1 aromatic heterocycles. The third kappa shape index (κ3) is 4.69. The van der Waals surface area contributed by atoms with E-state index < -0.39 is 0 Å². The first-order chi connectivity index (χ1) is 15.5.